The lowest BCUT2D eigenvalue weighted by Gasteiger charge is -2.11. The molecule has 0 unspecified atom stereocenters. The van der Waals surface area contributed by atoms with E-state index >= 15 is 0 Å². The zero-order chi connectivity index (χ0) is 13.8. The Kier molecular flexibility index (Phi) is 4.03. The van der Waals surface area contributed by atoms with Gasteiger partial charge in [0, 0.05) is 12.1 Å². The number of rotatable bonds is 3. The van der Waals surface area contributed by atoms with Crippen molar-refractivity contribution < 1.29 is 13.9 Å². The van der Waals surface area contributed by atoms with Gasteiger partial charge in [-0.05, 0) is 40.2 Å². The van der Waals surface area contributed by atoms with Gasteiger partial charge in [0.05, 0.1) is 23.2 Å². The van der Waals surface area contributed by atoms with E-state index in [4.69, 9.17) is 14.7 Å². The van der Waals surface area contributed by atoms with E-state index in [0.717, 1.165) is 0 Å². The molecule has 0 atom stereocenters. The highest BCUT2D eigenvalue weighted by atomic mass is 79.9. The Hall–Kier alpha value is -2.06. The maximum atomic E-state index is 13.5. The van der Waals surface area contributed by atoms with Gasteiger partial charge in [0.15, 0.2) is 11.5 Å². The van der Waals surface area contributed by atoms with E-state index in [9.17, 15) is 4.39 Å². The fourth-order valence-electron chi connectivity index (χ4n) is 1.47. The highest BCUT2D eigenvalue weighted by Crippen LogP contribution is 2.35. The molecule has 0 aliphatic carbocycles. The van der Waals surface area contributed by atoms with Crippen LogP contribution in [0.1, 0.15) is 5.56 Å². The van der Waals surface area contributed by atoms with Crippen LogP contribution in [0.15, 0.2) is 40.9 Å². The van der Waals surface area contributed by atoms with Crippen molar-refractivity contribution in [2.45, 2.75) is 0 Å². The Morgan fingerprint density at radius 2 is 1.84 bits per heavy atom. The number of hydrogen-bond acceptors (Lipinski definition) is 3. The van der Waals surface area contributed by atoms with Crippen LogP contribution in [0.2, 0.25) is 0 Å². The van der Waals surface area contributed by atoms with Gasteiger partial charge in [0.2, 0.25) is 0 Å². The third-order valence-corrected chi connectivity index (χ3v) is 3.03. The predicted molar refractivity (Wildman–Crippen MR) is 71.9 cm³/mol. The first kappa shape index (κ1) is 13.4. The molecule has 0 aliphatic rings. The molecular formula is C14H9BrFNO2. The van der Waals surface area contributed by atoms with Crippen molar-refractivity contribution >= 4 is 15.9 Å². The quantitative estimate of drug-likeness (QED) is 0.848. The highest BCUT2D eigenvalue weighted by molar-refractivity contribution is 9.10. The second-order valence-corrected chi connectivity index (χ2v) is 4.51. The van der Waals surface area contributed by atoms with Gasteiger partial charge in [-0.25, -0.2) is 4.39 Å². The summed E-state index contributed by atoms with van der Waals surface area (Å²) in [5, 5.41) is 8.70. The van der Waals surface area contributed by atoms with Crippen LogP contribution in [0.3, 0.4) is 0 Å². The van der Waals surface area contributed by atoms with Crippen LogP contribution in [-0.2, 0) is 0 Å². The molecule has 0 saturated heterocycles. The average molecular weight is 322 g/mol. The molecule has 0 spiro atoms. The predicted octanol–water partition coefficient (Wildman–Crippen LogP) is 4.26. The zero-order valence-electron chi connectivity index (χ0n) is 9.98. The largest absolute Gasteiger partial charge is 0.493 e. The number of halogens is 2. The summed E-state index contributed by atoms with van der Waals surface area (Å²) in [5.74, 6) is 0.744. The van der Waals surface area contributed by atoms with Crippen LogP contribution < -0.4 is 9.47 Å². The lowest BCUT2D eigenvalue weighted by molar-refractivity contribution is 0.376. The van der Waals surface area contributed by atoms with Gasteiger partial charge in [-0.1, -0.05) is 0 Å². The molecule has 0 bridgehead atoms. The summed E-state index contributed by atoms with van der Waals surface area (Å²) in [7, 11) is 1.48. The Bertz CT molecular complexity index is 635. The molecule has 0 aliphatic heterocycles. The average Bonchev–Trinajstić information content (AvgIpc) is 2.43. The maximum Gasteiger partial charge on any atom is 0.172 e. The Morgan fingerprint density at radius 1 is 1.16 bits per heavy atom. The fourth-order valence-corrected chi connectivity index (χ4v) is 1.80. The second-order valence-electron chi connectivity index (χ2n) is 3.66. The van der Waals surface area contributed by atoms with Crippen molar-refractivity contribution in [3.05, 3.63) is 52.3 Å². The van der Waals surface area contributed by atoms with Gasteiger partial charge >= 0.3 is 0 Å². The van der Waals surface area contributed by atoms with Crippen LogP contribution in [0.4, 0.5) is 4.39 Å². The Labute approximate surface area is 118 Å². The lowest BCUT2D eigenvalue weighted by atomic mass is 10.2. The van der Waals surface area contributed by atoms with Crippen molar-refractivity contribution in [2.75, 3.05) is 7.11 Å². The topological polar surface area (TPSA) is 42.2 Å². The molecular weight excluding hydrogens is 313 g/mol. The van der Waals surface area contributed by atoms with Gasteiger partial charge < -0.3 is 9.47 Å². The molecule has 96 valence electrons. The highest BCUT2D eigenvalue weighted by Gasteiger charge is 2.11. The number of nitriles is 1. The number of nitrogens with zero attached hydrogens (tertiary/aromatic N) is 1. The van der Waals surface area contributed by atoms with Crippen LogP contribution in [0.5, 0.6) is 17.2 Å². The normalized spacial score (nSPS) is 9.79. The molecule has 0 fully saturated rings. The summed E-state index contributed by atoms with van der Waals surface area (Å²) in [4.78, 5) is 0. The van der Waals surface area contributed by atoms with Crippen LogP contribution in [0.25, 0.3) is 0 Å². The molecule has 0 saturated carbocycles. The van der Waals surface area contributed by atoms with E-state index in [-0.39, 0.29) is 5.75 Å². The second kappa shape index (κ2) is 5.72. The molecule has 2 rings (SSSR count). The number of hydrogen-bond donors (Lipinski definition) is 0. The van der Waals surface area contributed by atoms with E-state index in [1.54, 1.807) is 24.3 Å². The van der Waals surface area contributed by atoms with E-state index in [1.165, 1.54) is 19.2 Å². The van der Waals surface area contributed by atoms with Crippen LogP contribution in [0, 0.1) is 17.1 Å². The van der Waals surface area contributed by atoms with Gasteiger partial charge in [-0.2, -0.15) is 5.26 Å². The monoisotopic (exact) mass is 321 g/mol. The lowest BCUT2D eigenvalue weighted by Crippen LogP contribution is -1.92. The molecule has 5 heteroatoms. The van der Waals surface area contributed by atoms with Gasteiger partial charge in [-0.15, -0.1) is 0 Å². The molecule has 0 amide bonds. The van der Waals surface area contributed by atoms with E-state index < -0.39 is 5.82 Å². The molecule has 0 N–H and O–H groups in total. The van der Waals surface area contributed by atoms with Crippen molar-refractivity contribution in [2.24, 2.45) is 0 Å². The summed E-state index contributed by atoms with van der Waals surface area (Å²) >= 11 is 3.08. The van der Waals surface area contributed by atoms with Crippen molar-refractivity contribution in [1.29, 1.82) is 5.26 Å². The van der Waals surface area contributed by atoms with Gasteiger partial charge in [-0.3, -0.25) is 0 Å². The standard InChI is InChI=1S/C14H9BrFNO2/c1-18-13-6-11(15)12(16)7-14(13)19-10-4-2-9(8-17)3-5-10/h2-7H,1H3. The summed E-state index contributed by atoms with van der Waals surface area (Å²) in [6, 6.07) is 11.3. The molecule has 2 aromatic carbocycles. The summed E-state index contributed by atoms with van der Waals surface area (Å²) in [6.45, 7) is 0. The molecule has 2 aromatic rings. The third-order valence-electron chi connectivity index (χ3n) is 2.42. The first-order valence-corrected chi connectivity index (χ1v) is 6.14. The van der Waals surface area contributed by atoms with Crippen molar-refractivity contribution in [3.8, 4) is 23.3 Å². The van der Waals surface area contributed by atoms with Crippen molar-refractivity contribution in [3.63, 3.8) is 0 Å². The molecule has 0 heterocycles. The molecule has 3 nitrogen and oxygen atoms in total. The SMILES string of the molecule is COc1cc(Br)c(F)cc1Oc1ccc(C#N)cc1. The van der Waals surface area contributed by atoms with E-state index in [2.05, 4.69) is 15.9 Å². The summed E-state index contributed by atoms with van der Waals surface area (Å²) < 4.78 is 24.5. The molecule has 0 aromatic heterocycles. The van der Waals surface area contributed by atoms with E-state index in [0.29, 0.717) is 21.5 Å². The molecule has 0 radical (unpaired) electrons. The smallest absolute Gasteiger partial charge is 0.172 e. The number of benzene rings is 2. The maximum absolute atomic E-state index is 13.5. The first-order valence-electron chi connectivity index (χ1n) is 5.35. The minimum atomic E-state index is -0.440. The summed E-state index contributed by atoms with van der Waals surface area (Å²) in [5.41, 5.74) is 0.529. The number of methoxy groups -OCH3 is 1. The first-order chi connectivity index (χ1) is 9.13. The van der Waals surface area contributed by atoms with E-state index in [1.807, 2.05) is 6.07 Å². The van der Waals surface area contributed by atoms with Gasteiger partial charge in [0.1, 0.15) is 11.6 Å². The van der Waals surface area contributed by atoms with Crippen LogP contribution >= 0.6 is 15.9 Å². The Balaban J connectivity index is 2.32. The summed E-state index contributed by atoms with van der Waals surface area (Å²) in [6.07, 6.45) is 0. The van der Waals surface area contributed by atoms with Crippen LogP contribution in [-0.4, -0.2) is 7.11 Å². The third kappa shape index (κ3) is 3.04. The Morgan fingerprint density at radius 3 is 2.42 bits per heavy atom. The minimum Gasteiger partial charge on any atom is -0.493 e. The van der Waals surface area contributed by atoms with Crippen molar-refractivity contribution in [1.82, 2.24) is 0 Å². The zero-order valence-corrected chi connectivity index (χ0v) is 11.6. The molecule has 19 heavy (non-hydrogen) atoms. The number of ether oxygens (including phenoxy) is 2. The fraction of sp³-hybridized carbons (Fsp3) is 0.0714. The van der Waals surface area contributed by atoms with Gasteiger partial charge in [0.25, 0.3) is 0 Å². The minimum absolute atomic E-state index is 0.271.